The third kappa shape index (κ3) is 2.39. The molecule has 0 fully saturated rings. The SMILES string of the molecule is Oc1cccc2c(COc3cccc(F)c3)csc12. The summed E-state index contributed by atoms with van der Waals surface area (Å²) in [5.74, 6) is 0.462. The van der Waals surface area contributed by atoms with Gasteiger partial charge in [-0.3, -0.25) is 0 Å². The molecule has 96 valence electrons. The number of hydrogen-bond acceptors (Lipinski definition) is 3. The van der Waals surface area contributed by atoms with Gasteiger partial charge >= 0.3 is 0 Å². The van der Waals surface area contributed by atoms with Crippen molar-refractivity contribution in [2.75, 3.05) is 0 Å². The Bertz CT molecular complexity index is 721. The second-order valence-corrected chi connectivity index (χ2v) is 5.04. The summed E-state index contributed by atoms with van der Waals surface area (Å²) < 4.78 is 19.4. The summed E-state index contributed by atoms with van der Waals surface area (Å²) in [5.41, 5.74) is 0.986. The molecule has 0 atom stereocenters. The molecule has 0 unspecified atom stereocenters. The minimum absolute atomic E-state index is 0.277. The second-order valence-electron chi connectivity index (χ2n) is 4.16. The molecule has 4 heteroatoms. The lowest BCUT2D eigenvalue weighted by atomic mass is 10.2. The topological polar surface area (TPSA) is 29.5 Å². The first-order valence-corrected chi connectivity index (χ1v) is 6.68. The Balaban J connectivity index is 1.84. The predicted molar refractivity (Wildman–Crippen MR) is 74.2 cm³/mol. The van der Waals surface area contributed by atoms with Crippen molar-refractivity contribution in [2.24, 2.45) is 0 Å². The highest BCUT2D eigenvalue weighted by Crippen LogP contribution is 2.33. The summed E-state index contributed by atoms with van der Waals surface area (Å²) in [5, 5.41) is 12.6. The number of thiophene rings is 1. The van der Waals surface area contributed by atoms with E-state index in [1.54, 1.807) is 24.3 Å². The smallest absolute Gasteiger partial charge is 0.133 e. The first-order valence-electron chi connectivity index (χ1n) is 5.80. The maximum Gasteiger partial charge on any atom is 0.133 e. The Morgan fingerprint density at radius 3 is 2.84 bits per heavy atom. The van der Waals surface area contributed by atoms with Crippen LogP contribution in [0, 0.1) is 5.82 Å². The quantitative estimate of drug-likeness (QED) is 0.770. The fraction of sp³-hybridized carbons (Fsp3) is 0.0667. The summed E-state index contributed by atoms with van der Waals surface area (Å²) in [6.07, 6.45) is 0. The summed E-state index contributed by atoms with van der Waals surface area (Å²) in [4.78, 5) is 0. The first kappa shape index (κ1) is 12.0. The van der Waals surface area contributed by atoms with Gasteiger partial charge in [-0.05, 0) is 23.6 Å². The van der Waals surface area contributed by atoms with E-state index in [0.29, 0.717) is 12.4 Å². The molecule has 0 spiro atoms. The molecule has 0 bridgehead atoms. The van der Waals surface area contributed by atoms with E-state index in [1.807, 2.05) is 11.4 Å². The Hall–Kier alpha value is -2.07. The van der Waals surface area contributed by atoms with Gasteiger partial charge in [-0.25, -0.2) is 4.39 Å². The number of aromatic hydroxyl groups is 1. The van der Waals surface area contributed by atoms with E-state index < -0.39 is 0 Å². The number of rotatable bonds is 3. The van der Waals surface area contributed by atoms with Gasteiger partial charge in [-0.2, -0.15) is 0 Å². The Morgan fingerprint density at radius 2 is 2.00 bits per heavy atom. The summed E-state index contributed by atoms with van der Waals surface area (Å²) >= 11 is 1.47. The Kier molecular flexibility index (Phi) is 3.09. The van der Waals surface area contributed by atoms with Crippen LogP contribution in [0.25, 0.3) is 10.1 Å². The van der Waals surface area contributed by atoms with Gasteiger partial charge in [0.05, 0.1) is 4.70 Å². The standard InChI is InChI=1S/C15H11FO2S/c16-11-3-1-4-12(7-11)18-8-10-9-19-15-13(10)5-2-6-14(15)17/h1-7,9,17H,8H2. The van der Waals surface area contributed by atoms with Crippen molar-refractivity contribution >= 4 is 21.4 Å². The van der Waals surface area contributed by atoms with Gasteiger partial charge in [0.15, 0.2) is 0 Å². The van der Waals surface area contributed by atoms with E-state index >= 15 is 0 Å². The number of phenols is 1. The molecule has 0 saturated carbocycles. The van der Waals surface area contributed by atoms with Crippen molar-refractivity contribution in [2.45, 2.75) is 6.61 Å². The molecule has 0 radical (unpaired) electrons. The first-order chi connectivity index (χ1) is 9.24. The van der Waals surface area contributed by atoms with Crippen LogP contribution in [0.1, 0.15) is 5.56 Å². The molecule has 0 aliphatic carbocycles. The van der Waals surface area contributed by atoms with Crippen LogP contribution >= 0.6 is 11.3 Å². The van der Waals surface area contributed by atoms with Crippen LogP contribution in [0.15, 0.2) is 47.8 Å². The van der Waals surface area contributed by atoms with Crippen LogP contribution < -0.4 is 4.74 Å². The molecular formula is C15H11FO2S. The molecule has 1 aromatic heterocycles. The lowest BCUT2D eigenvalue weighted by Gasteiger charge is -2.05. The largest absolute Gasteiger partial charge is 0.506 e. The van der Waals surface area contributed by atoms with E-state index in [1.165, 1.54) is 23.5 Å². The summed E-state index contributed by atoms with van der Waals surface area (Å²) in [7, 11) is 0. The fourth-order valence-electron chi connectivity index (χ4n) is 1.92. The molecule has 0 aliphatic heterocycles. The lowest BCUT2D eigenvalue weighted by molar-refractivity contribution is 0.306. The Morgan fingerprint density at radius 1 is 1.16 bits per heavy atom. The average Bonchev–Trinajstić information content (AvgIpc) is 2.81. The zero-order valence-corrected chi connectivity index (χ0v) is 10.8. The van der Waals surface area contributed by atoms with Crippen molar-refractivity contribution in [3.8, 4) is 11.5 Å². The van der Waals surface area contributed by atoms with Crippen LogP contribution in [-0.2, 0) is 6.61 Å². The van der Waals surface area contributed by atoms with Gasteiger partial charge in [0.25, 0.3) is 0 Å². The zero-order valence-electron chi connectivity index (χ0n) is 9.97. The van der Waals surface area contributed by atoms with E-state index in [-0.39, 0.29) is 11.6 Å². The van der Waals surface area contributed by atoms with Crippen LogP contribution in [0.2, 0.25) is 0 Å². The monoisotopic (exact) mass is 274 g/mol. The van der Waals surface area contributed by atoms with Crippen molar-refractivity contribution in [1.29, 1.82) is 0 Å². The molecule has 0 saturated heterocycles. The third-order valence-electron chi connectivity index (χ3n) is 2.85. The molecule has 3 rings (SSSR count). The van der Waals surface area contributed by atoms with Gasteiger partial charge in [0.2, 0.25) is 0 Å². The van der Waals surface area contributed by atoms with Gasteiger partial charge in [0.1, 0.15) is 23.9 Å². The molecule has 2 aromatic carbocycles. The highest BCUT2D eigenvalue weighted by molar-refractivity contribution is 7.17. The molecule has 3 aromatic rings. The molecular weight excluding hydrogens is 263 g/mol. The van der Waals surface area contributed by atoms with Crippen LogP contribution in [0.5, 0.6) is 11.5 Å². The number of benzene rings is 2. The lowest BCUT2D eigenvalue weighted by Crippen LogP contribution is -1.94. The summed E-state index contributed by atoms with van der Waals surface area (Å²) in [6, 6.07) is 11.5. The fourth-order valence-corrected chi connectivity index (χ4v) is 2.89. The third-order valence-corrected chi connectivity index (χ3v) is 3.92. The molecule has 2 nitrogen and oxygen atoms in total. The van der Waals surface area contributed by atoms with E-state index in [4.69, 9.17) is 4.74 Å². The van der Waals surface area contributed by atoms with Gasteiger partial charge in [-0.1, -0.05) is 18.2 Å². The van der Waals surface area contributed by atoms with Crippen molar-refractivity contribution in [3.05, 3.63) is 59.2 Å². The number of hydrogen-bond donors (Lipinski definition) is 1. The predicted octanol–water partition coefficient (Wildman–Crippen LogP) is 4.33. The Labute approximate surface area is 113 Å². The van der Waals surface area contributed by atoms with Gasteiger partial charge < -0.3 is 9.84 Å². The van der Waals surface area contributed by atoms with E-state index in [9.17, 15) is 9.50 Å². The number of halogens is 1. The van der Waals surface area contributed by atoms with Gasteiger partial charge in [-0.15, -0.1) is 11.3 Å². The van der Waals surface area contributed by atoms with E-state index in [2.05, 4.69) is 0 Å². The minimum atomic E-state index is -0.315. The van der Waals surface area contributed by atoms with Crippen molar-refractivity contribution < 1.29 is 14.2 Å². The molecule has 1 N–H and O–H groups in total. The van der Waals surface area contributed by atoms with Crippen molar-refractivity contribution in [1.82, 2.24) is 0 Å². The molecule has 19 heavy (non-hydrogen) atoms. The molecule has 0 amide bonds. The van der Waals surface area contributed by atoms with Crippen LogP contribution in [0.3, 0.4) is 0 Å². The summed E-state index contributed by atoms with van der Waals surface area (Å²) in [6.45, 7) is 0.354. The number of phenolic OH excluding ortho intramolecular Hbond substituents is 1. The molecule has 0 aliphatic rings. The highest BCUT2D eigenvalue weighted by atomic mass is 32.1. The number of ether oxygens (including phenoxy) is 1. The number of fused-ring (bicyclic) bond motifs is 1. The minimum Gasteiger partial charge on any atom is -0.506 e. The molecule has 1 heterocycles. The van der Waals surface area contributed by atoms with E-state index in [0.717, 1.165) is 15.6 Å². The van der Waals surface area contributed by atoms with Crippen LogP contribution in [-0.4, -0.2) is 5.11 Å². The normalized spacial score (nSPS) is 10.8. The average molecular weight is 274 g/mol. The van der Waals surface area contributed by atoms with Crippen LogP contribution in [0.4, 0.5) is 4.39 Å². The van der Waals surface area contributed by atoms with Gasteiger partial charge in [0, 0.05) is 17.0 Å². The highest BCUT2D eigenvalue weighted by Gasteiger charge is 2.07. The maximum absolute atomic E-state index is 13.0. The maximum atomic E-state index is 13.0. The zero-order chi connectivity index (χ0) is 13.2. The second kappa shape index (κ2) is 4.90. The van der Waals surface area contributed by atoms with Crippen molar-refractivity contribution in [3.63, 3.8) is 0 Å².